The molecule has 3 heterocycles. The molecule has 1 aliphatic rings. The van der Waals surface area contributed by atoms with E-state index < -0.39 is 0 Å². The van der Waals surface area contributed by atoms with Gasteiger partial charge in [-0.05, 0) is 19.1 Å². The predicted octanol–water partition coefficient (Wildman–Crippen LogP) is 1.91. The average molecular weight is 301 g/mol. The van der Waals surface area contributed by atoms with Crippen molar-refractivity contribution in [3.63, 3.8) is 0 Å². The number of rotatable bonds is 5. The van der Waals surface area contributed by atoms with Gasteiger partial charge >= 0.3 is 0 Å². The first-order valence-electron chi connectivity index (χ1n) is 7.95. The zero-order valence-electron chi connectivity index (χ0n) is 13.3. The SMILES string of the molecule is CCc1noc(C(C)N2CCN(Cc3ccccn3)CC2)n1. The van der Waals surface area contributed by atoms with E-state index >= 15 is 0 Å². The third-order valence-corrected chi connectivity index (χ3v) is 4.22. The van der Waals surface area contributed by atoms with E-state index in [1.54, 1.807) is 0 Å². The Morgan fingerprint density at radius 2 is 2.05 bits per heavy atom. The molecule has 0 radical (unpaired) electrons. The topological polar surface area (TPSA) is 58.3 Å². The first-order valence-corrected chi connectivity index (χ1v) is 7.95. The zero-order chi connectivity index (χ0) is 15.4. The van der Waals surface area contributed by atoms with Crippen LogP contribution in [0.3, 0.4) is 0 Å². The van der Waals surface area contributed by atoms with Crippen LogP contribution >= 0.6 is 0 Å². The summed E-state index contributed by atoms with van der Waals surface area (Å²) in [5.41, 5.74) is 1.13. The molecule has 0 spiro atoms. The van der Waals surface area contributed by atoms with E-state index in [4.69, 9.17) is 4.52 Å². The average Bonchev–Trinajstić information content (AvgIpc) is 3.05. The molecule has 2 aromatic heterocycles. The molecule has 118 valence electrons. The molecule has 2 aromatic rings. The highest BCUT2D eigenvalue weighted by atomic mass is 16.5. The highest BCUT2D eigenvalue weighted by Gasteiger charge is 2.25. The Morgan fingerprint density at radius 1 is 1.23 bits per heavy atom. The quantitative estimate of drug-likeness (QED) is 0.841. The highest BCUT2D eigenvalue weighted by molar-refractivity contribution is 5.03. The van der Waals surface area contributed by atoms with E-state index in [0.717, 1.165) is 56.6 Å². The van der Waals surface area contributed by atoms with Crippen LogP contribution in [0.15, 0.2) is 28.9 Å². The van der Waals surface area contributed by atoms with Gasteiger partial charge in [0.05, 0.1) is 11.7 Å². The lowest BCUT2D eigenvalue weighted by Crippen LogP contribution is -2.46. The molecular formula is C16H23N5O. The molecule has 1 aliphatic heterocycles. The summed E-state index contributed by atoms with van der Waals surface area (Å²) in [6.07, 6.45) is 2.67. The Morgan fingerprint density at radius 3 is 2.68 bits per heavy atom. The zero-order valence-corrected chi connectivity index (χ0v) is 13.3. The first kappa shape index (κ1) is 15.1. The Bertz CT molecular complexity index is 577. The van der Waals surface area contributed by atoms with E-state index in [-0.39, 0.29) is 6.04 Å². The summed E-state index contributed by atoms with van der Waals surface area (Å²) in [6, 6.07) is 6.27. The second-order valence-corrected chi connectivity index (χ2v) is 5.71. The van der Waals surface area contributed by atoms with Gasteiger partial charge in [0.25, 0.3) is 0 Å². The summed E-state index contributed by atoms with van der Waals surface area (Å²) in [6.45, 7) is 9.20. The lowest BCUT2D eigenvalue weighted by atomic mass is 10.2. The van der Waals surface area contributed by atoms with Crippen LogP contribution in [0.1, 0.15) is 37.3 Å². The summed E-state index contributed by atoms with van der Waals surface area (Å²) < 4.78 is 5.37. The maximum absolute atomic E-state index is 5.37. The van der Waals surface area contributed by atoms with Gasteiger partial charge in [0.2, 0.25) is 5.89 Å². The third-order valence-electron chi connectivity index (χ3n) is 4.22. The van der Waals surface area contributed by atoms with Crippen molar-refractivity contribution in [2.75, 3.05) is 26.2 Å². The number of hydrogen-bond donors (Lipinski definition) is 0. The van der Waals surface area contributed by atoms with Crippen molar-refractivity contribution in [2.45, 2.75) is 32.9 Å². The molecule has 0 saturated carbocycles. The molecule has 6 nitrogen and oxygen atoms in total. The number of nitrogens with zero attached hydrogens (tertiary/aromatic N) is 5. The molecule has 1 unspecified atom stereocenters. The summed E-state index contributed by atoms with van der Waals surface area (Å²) >= 11 is 0. The molecule has 0 amide bonds. The van der Waals surface area contributed by atoms with Gasteiger partial charge in [0.15, 0.2) is 5.82 Å². The second kappa shape index (κ2) is 6.98. The van der Waals surface area contributed by atoms with Gasteiger partial charge in [-0.3, -0.25) is 14.8 Å². The van der Waals surface area contributed by atoms with Crippen molar-refractivity contribution < 1.29 is 4.52 Å². The van der Waals surface area contributed by atoms with E-state index in [1.807, 2.05) is 25.3 Å². The van der Waals surface area contributed by atoms with Crippen molar-refractivity contribution in [3.05, 3.63) is 41.8 Å². The van der Waals surface area contributed by atoms with Crippen LogP contribution in [0.2, 0.25) is 0 Å². The van der Waals surface area contributed by atoms with Gasteiger partial charge in [-0.2, -0.15) is 4.98 Å². The first-order chi connectivity index (χ1) is 10.8. The lowest BCUT2D eigenvalue weighted by Gasteiger charge is -2.36. The molecular weight excluding hydrogens is 278 g/mol. The number of aryl methyl sites for hydroxylation is 1. The summed E-state index contributed by atoms with van der Waals surface area (Å²) in [7, 11) is 0. The van der Waals surface area contributed by atoms with Crippen molar-refractivity contribution in [1.29, 1.82) is 0 Å². The molecule has 22 heavy (non-hydrogen) atoms. The Kier molecular flexibility index (Phi) is 4.80. The van der Waals surface area contributed by atoms with Gasteiger partial charge in [-0.25, -0.2) is 0 Å². The molecule has 0 N–H and O–H groups in total. The van der Waals surface area contributed by atoms with Crippen molar-refractivity contribution >= 4 is 0 Å². The molecule has 1 atom stereocenters. The summed E-state index contributed by atoms with van der Waals surface area (Å²) in [4.78, 5) is 13.7. The second-order valence-electron chi connectivity index (χ2n) is 5.71. The maximum atomic E-state index is 5.37. The van der Waals surface area contributed by atoms with Crippen molar-refractivity contribution in [2.24, 2.45) is 0 Å². The number of piperazine rings is 1. The standard InChI is InChI=1S/C16H23N5O/c1-3-15-18-16(22-19-15)13(2)21-10-8-20(9-11-21)12-14-6-4-5-7-17-14/h4-7,13H,3,8-12H2,1-2H3. The molecule has 0 aromatic carbocycles. The smallest absolute Gasteiger partial charge is 0.243 e. The van der Waals surface area contributed by atoms with Crippen molar-refractivity contribution in [3.8, 4) is 0 Å². The Balaban J connectivity index is 1.52. The van der Waals surface area contributed by atoms with Gasteiger partial charge in [-0.1, -0.05) is 18.1 Å². The van der Waals surface area contributed by atoms with Crippen LogP contribution in [-0.2, 0) is 13.0 Å². The largest absolute Gasteiger partial charge is 0.338 e. The van der Waals surface area contributed by atoms with E-state index in [0.29, 0.717) is 0 Å². The molecule has 1 fully saturated rings. The van der Waals surface area contributed by atoms with Gasteiger partial charge in [-0.15, -0.1) is 0 Å². The normalized spacial score (nSPS) is 18.5. The lowest BCUT2D eigenvalue weighted by molar-refractivity contribution is 0.0839. The summed E-state index contributed by atoms with van der Waals surface area (Å²) in [5.74, 6) is 1.52. The minimum atomic E-state index is 0.185. The van der Waals surface area contributed by atoms with Crippen LogP contribution in [0.4, 0.5) is 0 Å². The monoisotopic (exact) mass is 301 g/mol. The fraction of sp³-hybridized carbons (Fsp3) is 0.562. The van der Waals surface area contributed by atoms with Crippen LogP contribution in [0.25, 0.3) is 0 Å². The molecule has 0 aliphatic carbocycles. The van der Waals surface area contributed by atoms with Gasteiger partial charge < -0.3 is 4.52 Å². The van der Waals surface area contributed by atoms with Crippen LogP contribution in [-0.4, -0.2) is 51.1 Å². The molecule has 0 bridgehead atoms. The van der Waals surface area contributed by atoms with Crippen LogP contribution < -0.4 is 0 Å². The Hall–Kier alpha value is -1.79. The van der Waals surface area contributed by atoms with Crippen LogP contribution in [0.5, 0.6) is 0 Å². The molecule has 1 saturated heterocycles. The third kappa shape index (κ3) is 3.51. The van der Waals surface area contributed by atoms with E-state index in [1.165, 1.54) is 0 Å². The maximum Gasteiger partial charge on any atom is 0.243 e. The number of pyridine rings is 1. The minimum absolute atomic E-state index is 0.185. The fourth-order valence-electron chi connectivity index (χ4n) is 2.77. The molecule has 3 rings (SSSR count). The van der Waals surface area contributed by atoms with Crippen LogP contribution in [0, 0.1) is 0 Å². The predicted molar refractivity (Wildman–Crippen MR) is 83.2 cm³/mol. The van der Waals surface area contributed by atoms with Crippen molar-refractivity contribution in [1.82, 2.24) is 24.9 Å². The van der Waals surface area contributed by atoms with Gasteiger partial charge in [0, 0.05) is 45.3 Å². The van der Waals surface area contributed by atoms with E-state index in [2.05, 4.69) is 37.9 Å². The Labute approximate surface area is 131 Å². The number of hydrogen-bond acceptors (Lipinski definition) is 6. The summed E-state index contributed by atoms with van der Waals surface area (Å²) in [5, 5.41) is 3.99. The van der Waals surface area contributed by atoms with E-state index in [9.17, 15) is 0 Å². The number of aromatic nitrogens is 3. The fourth-order valence-corrected chi connectivity index (χ4v) is 2.77. The molecule has 6 heteroatoms. The van der Waals surface area contributed by atoms with Gasteiger partial charge in [0.1, 0.15) is 0 Å². The minimum Gasteiger partial charge on any atom is -0.338 e. The highest BCUT2D eigenvalue weighted by Crippen LogP contribution is 2.20.